The molecule has 132 valence electrons. The number of amides is 1. The molecule has 6 nitrogen and oxygen atoms in total. The van der Waals surface area contributed by atoms with Crippen LogP contribution in [0, 0.1) is 0 Å². The second kappa shape index (κ2) is 8.31. The maximum absolute atomic E-state index is 11.5. The summed E-state index contributed by atoms with van der Waals surface area (Å²) in [5, 5.41) is 3.59. The molecule has 0 aliphatic heterocycles. The Bertz CT molecular complexity index is 888. The average Bonchev–Trinajstić information content (AvgIpc) is 2.64. The van der Waals surface area contributed by atoms with E-state index in [1.165, 1.54) is 12.5 Å². The number of aromatic nitrogens is 2. The molecule has 0 bridgehead atoms. The van der Waals surface area contributed by atoms with E-state index < -0.39 is 5.91 Å². The summed E-state index contributed by atoms with van der Waals surface area (Å²) in [6, 6.07) is 17.5. The molecule has 0 saturated heterocycles. The Morgan fingerprint density at radius 1 is 1.15 bits per heavy atom. The number of nitrogens with one attached hydrogen (secondary N) is 1. The summed E-state index contributed by atoms with van der Waals surface area (Å²) >= 11 is 6.09. The summed E-state index contributed by atoms with van der Waals surface area (Å²) in [6.07, 6.45) is 2.95. The number of rotatable bonds is 7. The van der Waals surface area contributed by atoms with Crippen LogP contribution in [0.2, 0.25) is 5.02 Å². The minimum Gasteiger partial charge on any atom is -0.368 e. The lowest BCUT2D eigenvalue weighted by Gasteiger charge is -2.24. The fourth-order valence-corrected chi connectivity index (χ4v) is 2.70. The molecule has 1 heterocycles. The van der Waals surface area contributed by atoms with E-state index in [1.54, 1.807) is 0 Å². The van der Waals surface area contributed by atoms with E-state index in [4.69, 9.17) is 17.3 Å². The van der Waals surface area contributed by atoms with E-state index in [9.17, 15) is 4.79 Å². The summed E-state index contributed by atoms with van der Waals surface area (Å²) in [4.78, 5) is 21.4. The number of hydrogen-bond donors (Lipinski definition) is 2. The predicted molar refractivity (Wildman–Crippen MR) is 103 cm³/mol. The molecule has 0 radical (unpaired) electrons. The number of halogens is 1. The topological polar surface area (TPSA) is 84.1 Å². The van der Waals surface area contributed by atoms with Gasteiger partial charge >= 0.3 is 0 Å². The van der Waals surface area contributed by atoms with Gasteiger partial charge in [-0.15, -0.1) is 0 Å². The van der Waals surface area contributed by atoms with Gasteiger partial charge in [-0.2, -0.15) is 0 Å². The summed E-state index contributed by atoms with van der Waals surface area (Å²) < 4.78 is 0. The van der Waals surface area contributed by atoms with Crippen molar-refractivity contribution >= 4 is 34.7 Å². The number of nitrogens with zero attached hydrogens (tertiary/aromatic N) is 3. The van der Waals surface area contributed by atoms with Crippen molar-refractivity contribution in [1.29, 1.82) is 0 Å². The van der Waals surface area contributed by atoms with Crippen LogP contribution in [-0.4, -0.2) is 22.4 Å². The molecule has 1 aromatic heterocycles. The Morgan fingerprint density at radius 3 is 2.69 bits per heavy atom. The highest BCUT2D eigenvalue weighted by molar-refractivity contribution is 6.32. The number of primary amides is 1. The first-order valence-corrected chi connectivity index (χ1v) is 8.39. The average molecular weight is 368 g/mol. The number of benzene rings is 2. The van der Waals surface area contributed by atoms with E-state index in [0.717, 1.165) is 16.9 Å². The highest BCUT2D eigenvalue weighted by Crippen LogP contribution is 2.26. The minimum atomic E-state index is -0.391. The number of anilines is 3. The molecule has 0 aliphatic carbocycles. The van der Waals surface area contributed by atoms with Crippen molar-refractivity contribution in [2.45, 2.75) is 6.54 Å². The quantitative estimate of drug-likeness (QED) is 0.668. The van der Waals surface area contributed by atoms with Crippen LogP contribution in [0.25, 0.3) is 0 Å². The fraction of sp³-hybridized carbons (Fsp3) is 0.105. The van der Waals surface area contributed by atoms with Crippen LogP contribution in [0.5, 0.6) is 0 Å². The molecule has 3 N–H and O–H groups in total. The first kappa shape index (κ1) is 17.7. The number of nitrogens with two attached hydrogens (primary N) is 1. The van der Waals surface area contributed by atoms with Gasteiger partial charge in [-0.05, 0) is 23.8 Å². The van der Waals surface area contributed by atoms with Crippen LogP contribution in [-0.2, 0) is 11.3 Å². The van der Waals surface area contributed by atoms with Crippen molar-refractivity contribution < 1.29 is 4.79 Å². The van der Waals surface area contributed by atoms with E-state index in [2.05, 4.69) is 15.3 Å². The number of hydrogen-bond acceptors (Lipinski definition) is 5. The Labute approximate surface area is 156 Å². The summed E-state index contributed by atoms with van der Waals surface area (Å²) in [6.45, 7) is 0.689. The minimum absolute atomic E-state index is 0.118. The van der Waals surface area contributed by atoms with Crippen molar-refractivity contribution in [2.75, 3.05) is 16.8 Å². The molecular weight excluding hydrogens is 350 g/mol. The van der Waals surface area contributed by atoms with Gasteiger partial charge in [0.25, 0.3) is 0 Å². The zero-order valence-electron chi connectivity index (χ0n) is 14.0. The molecule has 0 spiro atoms. The largest absolute Gasteiger partial charge is 0.368 e. The molecule has 7 heteroatoms. The van der Waals surface area contributed by atoms with Crippen LogP contribution in [0.15, 0.2) is 67.1 Å². The van der Waals surface area contributed by atoms with Crippen LogP contribution in [0.3, 0.4) is 0 Å². The Kier molecular flexibility index (Phi) is 5.66. The van der Waals surface area contributed by atoms with Gasteiger partial charge in [-0.1, -0.05) is 48.0 Å². The highest BCUT2D eigenvalue weighted by Gasteiger charge is 2.11. The molecule has 2 aromatic carbocycles. The second-order valence-corrected chi connectivity index (χ2v) is 6.11. The van der Waals surface area contributed by atoms with Gasteiger partial charge in [0.05, 0.1) is 12.7 Å². The van der Waals surface area contributed by atoms with Gasteiger partial charge < -0.3 is 16.0 Å². The summed E-state index contributed by atoms with van der Waals surface area (Å²) in [5.74, 6) is 0.126. The highest BCUT2D eigenvalue weighted by atomic mass is 35.5. The van der Waals surface area contributed by atoms with Crippen molar-refractivity contribution in [3.05, 3.63) is 77.7 Å². The first-order valence-electron chi connectivity index (χ1n) is 8.01. The molecule has 0 aliphatic rings. The van der Waals surface area contributed by atoms with Crippen LogP contribution >= 0.6 is 11.6 Å². The smallest absolute Gasteiger partial charge is 0.236 e. The van der Waals surface area contributed by atoms with Crippen LogP contribution < -0.4 is 16.0 Å². The SMILES string of the molecule is NC(=O)CN(Cc1ccccc1)c1cccc(Nc2ncncc2Cl)c1. The lowest BCUT2D eigenvalue weighted by Crippen LogP contribution is -2.33. The van der Waals surface area contributed by atoms with Gasteiger partial charge in [0, 0.05) is 17.9 Å². The van der Waals surface area contributed by atoms with Crippen LogP contribution in [0.1, 0.15) is 5.56 Å². The Balaban J connectivity index is 1.84. The maximum Gasteiger partial charge on any atom is 0.236 e. The standard InChI is InChI=1S/C19H18ClN5O/c20-17-10-22-13-23-19(17)24-15-7-4-8-16(9-15)25(12-18(21)26)11-14-5-2-1-3-6-14/h1-10,13H,11-12H2,(H2,21,26)(H,22,23,24). The molecule has 3 aromatic rings. The summed E-state index contributed by atoms with van der Waals surface area (Å²) in [7, 11) is 0. The van der Waals surface area contributed by atoms with Gasteiger partial charge in [0.1, 0.15) is 11.3 Å². The third-order valence-electron chi connectivity index (χ3n) is 3.70. The van der Waals surface area contributed by atoms with Gasteiger partial charge in [0.2, 0.25) is 5.91 Å². The fourth-order valence-electron chi connectivity index (χ4n) is 2.55. The van der Waals surface area contributed by atoms with Crippen molar-refractivity contribution in [1.82, 2.24) is 9.97 Å². The van der Waals surface area contributed by atoms with Gasteiger partial charge in [0.15, 0.2) is 5.82 Å². The second-order valence-electron chi connectivity index (χ2n) is 5.70. The van der Waals surface area contributed by atoms with Gasteiger partial charge in [-0.3, -0.25) is 4.79 Å². The maximum atomic E-state index is 11.5. The van der Waals surface area contributed by atoms with Crippen molar-refractivity contribution in [2.24, 2.45) is 5.73 Å². The molecule has 1 amide bonds. The molecule has 0 atom stereocenters. The molecule has 0 fully saturated rings. The van der Waals surface area contributed by atoms with Crippen molar-refractivity contribution in [3.8, 4) is 0 Å². The van der Waals surface area contributed by atoms with Gasteiger partial charge in [-0.25, -0.2) is 9.97 Å². The van der Waals surface area contributed by atoms with E-state index in [0.29, 0.717) is 17.4 Å². The zero-order valence-corrected chi connectivity index (χ0v) is 14.7. The monoisotopic (exact) mass is 367 g/mol. The van der Waals surface area contributed by atoms with Crippen LogP contribution in [0.4, 0.5) is 17.2 Å². The lowest BCUT2D eigenvalue weighted by atomic mass is 10.2. The number of carbonyl (C=O) groups excluding carboxylic acids is 1. The lowest BCUT2D eigenvalue weighted by molar-refractivity contribution is -0.116. The van der Waals surface area contributed by atoms with E-state index in [-0.39, 0.29) is 6.54 Å². The molecule has 3 rings (SSSR count). The third-order valence-corrected chi connectivity index (χ3v) is 3.98. The first-order chi connectivity index (χ1) is 12.6. The zero-order chi connectivity index (χ0) is 18.4. The normalized spacial score (nSPS) is 10.3. The molecule has 0 unspecified atom stereocenters. The van der Waals surface area contributed by atoms with E-state index in [1.807, 2.05) is 59.5 Å². The Hall–Kier alpha value is -3.12. The number of carbonyl (C=O) groups is 1. The Morgan fingerprint density at radius 2 is 1.96 bits per heavy atom. The predicted octanol–water partition coefficient (Wildman–Crippen LogP) is 3.37. The van der Waals surface area contributed by atoms with Crippen molar-refractivity contribution in [3.63, 3.8) is 0 Å². The molecular formula is C19H18ClN5O. The molecule has 0 saturated carbocycles. The van der Waals surface area contributed by atoms with E-state index >= 15 is 0 Å². The molecule has 26 heavy (non-hydrogen) atoms. The third kappa shape index (κ3) is 4.70. The summed E-state index contributed by atoms with van der Waals surface area (Å²) in [5.41, 5.74) is 8.18.